The first-order chi connectivity index (χ1) is 13.5. The van der Waals surface area contributed by atoms with Crippen LogP contribution in [0.15, 0.2) is 52.1 Å². The fourth-order valence-corrected chi connectivity index (χ4v) is 3.30. The number of benzene rings is 2. The normalized spacial score (nSPS) is 11.9. The van der Waals surface area contributed by atoms with Gasteiger partial charge in [-0.15, -0.1) is 10.2 Å². The van der Waals surface area contributed by atoms with E-state index in [1.54, 1.807) is 7.11 Å². The molecule has 1 aromatic heterocycles. The Bertz CT molecular complexity index is 971. The number of amides is 1. The summed E-state index contributed by atoms with van der Waals surface area (Å²) < 4.78 is 11.0. The smallest absolute Gasteiger partial charge is 0.277 e. The molecule has 7 heteroatoms. The van der Waals surface area contributed by atoms with Crippen LogP contribution in [-0.2, 0) is 4.79 Å². The van der Waals surface area contributed by atoms with Crippen LogP contribution in [0, 0.1) is 13.8 Å². The van der Waals surface area contributed by atoms with E-state index in [-0.39, 0.29) is 17.7 Å². The second-order valence-corrected chi connectivity index (χ2v) is 7.42. The summed E-state index contributed by atoms with van der Waals surface area (Å²) in [5, 5.41) is 11.4. The summed E-state index contributed by atoms with van der Waals surface area (Å²) in [6.07, 6.45) is 0. The van der Waals surface area contributed by atoms with Crippen molar-refractivity contribution in [2.45, 2.75) is 32.0 Å². The third-order valence-electron chi connectivity index (χ3n) is 4.48. The SMILES string of the molecule is COc1ccccc1-c1nnc(SCC(=O)NC(C)c2ccc(C)c(C)c2)o1. The Kier molecular flexibility index (Phi) is 6.36. The summed E-state index contributed by atoms with van der Waals surface area (Å²) in [5.74, 6) is 1.13. The van der Waals surface area contributed by atoms with E-state index in [1.807, 2.05) is 37.3 Å². The van der Waals surface area contributed by atoms with Gasteiger partial charge in [-0.2, -0.15) is 0 Å². The zero-order chi connectivity index (χ0) is 20.1. The summed E-state index contributed by atoms with van der Waals surface area (Å²) in [6, 6.07) is 13.6. The zero-order valence-corrected chi connectivity index (χ0v) is 17.2. The van der Waals surface area contributed by atoms with Crippen LogP contribution >= 0.6 is 11.8 Å². The highest BCUT2D eigenvalue weighted by Crippen LogP contribution is 2.30. The van der Waals surface area contributed by atoms with Crippen molar-refractivity contribution in [2.75, 3.05) is 12.9 Å². The summed E-state index contributed by atoms with van der Waals surface area (Å²) >= 11 is 1.21. The number of rotatable bonds is 7. The molecule has 0 aliphatic heterocycles. The topological polar surface area (TPSA) is 77.2 Å². The molecule has 28 heavy (non-hydrogen) atoms. The predicted molar refractivity (Wildman–Crippen MR) is 109 cm³/mol. The molecule has 0 spiro atoms. The van der Waals surface area contributed by atoms with Crippen molar-refractivity contribution in [3.63, 3.8) is 0 Å². The lowest BCUT2D eigenvalue weighted by molar-refractivity contribution is -0.119. The Labute approximate surface area is 168 Å². The minimum absolute atomic E-state index is 0.0702. The van der Waals surface area contributed by atoms with Crippen LogP contribution in [0.2, 0.25) is 0 Å². The number of ether oxygens (including phenoxy) is 1. The lowest BCUT2D eigenvalue weighted by Crippen LogP contribution is -2.28. The van der Waals surface area contributed by atoms with E-state index in [2.05, 4.69) is 41.5 Å². The molecule has 3 rings (SSSR count). The van der Waals surface area contributed by atoms with Crippen molar-refractivity contribution < 1.29 is 13.9 Å². The molecule has 146 valence electrons. The second kappa shape index (κ2) is 8.93. The third-order valence-corrected chi connectivity index (χ3v) is 5.30. The first-order valence-corrected chi connectivity index (χ1v) is 9.92. The molecule has 0 aliphatic rings. The highest BCUT2D eigenvalue weighted by atomic mass is 32.2. The number of nitrogens with zero attached hydrogens (tertiary/aromatic N) is 2. The van der Waals surface area contributed by atoms with Gasteiger partial charge in [-0.05, 0) is 49.6 Å². The van der Waals surface area contributed by atoms with Gasteiger partial charge >= 0.3 is 0 Å². The van der Waals surface area contributed by atoms with E-state index in [0.29, 0.717) is 16.9 Å². The van der Waals surface area contributed by atoms with Gasteiger partial charge in [0.2, 0.25) is 5.91 Å². The van der Waals surface area contributed by atoms with E-state index in [4.69, 9.17) is 9.15 Å². The summed E-state index contributed by atoms with van der Waals surface area (Å²) in [7, 11) is 1.59. The second-order valence-electron chi connectivity index (χ2n) is 6.49. The van der Waals surface area contributed by atoms with E-state index >= 15 is 0 Å². The Morgan fingerprint density at radius 3 is 2.71 bits per heavy atom. The molecule has 1 unspecified atom stereocenters. The van der Waals surface area contributed by atoms with Gasteiger partial charge in [0, 0.05) is 0 Å². The van der Waals surface area contributed by atoms with Crippen molar-refractivity contribution in [3.8, 4) is 17.2 Å². The molecular weight excluding hydrogens is 374 g/mol. The molecule has 1 amide bonds. The van der Waals surface area contributed by atoms with Crippen molar-refractivity contribution in [3.05, 3.63) is 59.2 Å². The minimum Gasteiger partial charge on any atom is -0.496 e. The highest BCUT2D eigenvalue weighted by molar-refractivity contribution is 7.99. The van der Waals surface area contributed by atoms with Gasteiger partial charge in [-0.25, -0.2) is 0 Å². The van der Waals surface area contributed by atoms with Crippen LogP contribution in [0.5, 0.6) is 5.75 Å². The van der Waals surface area contributed by atoms with Gasteiger partial charge < -0.3 is 14.5 Å². The predicted octanol–water partition coefficient (Wildman–Crippen LogP) is 4.33. The zero-order valence-electron chi connectivity index (χ0n) is 16.4. The largest absolute Gasteiger partial charge is 0.496 e. The Morgan fingerprint density at radius 2 is 1.96 bits per heavy atom. The van der Waals surface area contributed by atoms with Crippen molar-refractivity contribution in [1.29, 1.82) is 0 Å². The number of carbonyl (C=O) groups is 1. The molecule has 6 nitrogen and oxygen atoms in total. The van der Waals surface area contributed by atoms with E-state index < -0.39 is 0 Å². The van der Waals surface area contributed by atoms with Gasteiger partial charge in [-0.1, -0.05) is 42.1 Å². The Balaban J connectivity index is 1.58. The van der Waals surface area contributed by atoms with Gasteiger partial charge in [0.05, 0.1) is 24.5 Å². The van der Waals surface area contributed by atoms with Crippen LogP contribution in [0.3, 0.4) is 0 Å². The number of thioether (sulfide) groups is 1. The number of para-hydroxylation sites is 1. The number of aryl methyl sites for hydroxylation is 2. The summed E-state index contributed by atoms with van der Waals surface area (Å²) in [4.78, 5) is 12.3. The fraction of sp³-hybridized carbons (Fsp3) is 0.286. The van der Waals surface area contributed by atoms with Crippen LogP contribution in [0.25, 0.3) is 11.5 Å². The monoisotopic (exact) mass is 397 g/mol. The molecule has 1 N–H and O–H groups in total. The fourth-order valence-electron chi connectivity index (χ4n) is 2.73. The van der Waals surface area contributed by atoms with Gasteiger partial charge in [0.15, 0.2) is 0 Å². The van der Waals surface area contributed by atoms with Crippen molar-refractivity contribution in [1.82, 2.24) is 15.5 Å². The maximum atomic E-state index is 12.3. The molecule has 0 radical (unpaired) electrons. The van der Waals surface area contributed by atoms with Crippen LogP contribution in [-0.4, -0.2) is 29.0 Å². The average Bonchev–Trinajstić information content (AvgIpc) is 3.17. The van der Waals surface area contributed by atoms with Gasteiger partial charge in [-0.3, -0.25) is 4.79 Å². The number of hydrogen-bond acceptors (Lipinski definition) is 6. The van der Waals surface area contributed by atoms with E-state index in [1.165, 1.54) is 22.9 Å². The Hall–Kier alpha value is -2.80. The first-order valence-electron chi connectivity index (χ1n) is 8.94. The maximum Gasteiger partial charge on any atom is 0.277 e. The molecule has 0 aliphatic carbocycles. The minimum atomic E-state index is -0.0900. The van der Waals surface area contributed by atoms with Crippen molar-refractivity contribution >= 4 is 17.7 Å². The summed E-state index contributed by atoms with van der Waals surface area (Å²) in [6.45, 7) is 6.11. The number of hydrogen-bond donors (Lipinski definition) is 1. The molecule has 1 heterocycles. The van der Waals surface area contributed by atoms with E-state index in [0.717, 1.165) is 11.1 Å². The highest BCUT2D eigenvalue weighted by Gasteiger charge is 2.15. The van der Waals surface area contributed by atoms with Crippen LogP contribution < -0.4 is 10.1 Å². The molecule has 0 saturated heterocycles. The van der Waals surface area contributed by atoms with Crippen LogP contribution in [0.4, 0.5) is 0 Å². The average molecular weight is 398 g/mol. The number of nitrogens with one attached hydrogen (secondary N) is 1. The molecule has 2 aromatic carbocycles. The van der Waals surface area contributed by atoms with Gasteiger partial charge in [0.1, 0.15) is 5.75 Å². The molecular formula is C21H23N3O3S. The third kappa shape index (κ3) is 4.72. The van der Waals surface area contributed by atoms with Gasteiger partial charge in [0.25, 0.3) is 11.1 Å². The maximum absolute atomic E-state index is 12.3. The Morgan fingerprint density at radius 1 is 1.18 bits per heavy atom. The standard InChI is InChI=1S/C21H23N3O3S/c1-13-9-10-16(11-14(13)2)15(3)22-19(25)12-28-21-24-23-20(27-21)17-7-5-6-8-18(17)26-4/h5-11,15H,12H2,1-4H3,(H,22,25). The van der Waals surface area contributed by atoms with Crippen LogP contribution in [0.1, 0.15) is 29.7 Å². The quantitative estimate of drug-likeness (QED) is 0.598. The first kappa shape index (κ1) is 19.9. The molecule has 1 atom stereocenters. The molecule has 0 bridgehead atoms. The molecule has 0 saturated carbocycles. The lowest BCUT2D eigenvalue weighted by Gasteiger charge is -2.15. The molecule has 0 fully saturated rings. The van der Waals surface area contributed by atoms with Crippen molar-refractivity contribution in [2.24, 2.45) is 0 Å². The number of methoxy groups -OCH3 is 1. The van der Waals surface area contributed by atoms with E-state index in [9.17, 15) is 4.79 Å². The molecule has 3 aromatic rings. The lowest BCUT2D eigenvalue weighted by atomic mass is 10.0. The number of carbonyl (C=O) groups excluding carboxylic acids is 1. The number of aromatic nitrogens is 2. The summed E-state index contributed by atoms with van der Waals surface area (Å²) in [5.41, 5.74) is 4.25.